The molecule has 0 bridgehead atoms. The van der Waals surface area contributed by atoms with E-state index in [1.807, 2.05) is 24.3 Å². The van der Waals surface area contributed by atoms with Gasteiger partial charge in [0.15, 0.2) is 0 Å². The van der Waals surface area contributed by atoms with Gasteiger partial charge in [0.2, 0.25) is 5.91 Å². The monoisotopic (exact) mass is 441 g/mol. The molecule has 0 radical (unpaired) electrons. The third-order valence-electron chi connectivity index (χ3n) is 7.22. The van der Waals surface area contributed by atoms with Crippen molar-refractivity contribution >= 4 is 23.5 Å². The quantitative estimate of drug-likeness (QED) is 0.662. The molecule has 8 nitrogen and oxygen atoms in total. The van der Waals surface area contributed by atoms with E-state index in [2.05, 4.69) is 34.3 Å². The number of carbonyl (C=O) groups is 3. The summed E-state index contributed by atoms with van der Waals surface area (Å²) in [4.78, 5) is 43.8. The van der Waals surface area contributed by atoms with Crippen molar-refractivity contribution in [3.8, 4) is 0 Å². The molecule has 8 heteroatoms. The van der Waals surface area contributed by atoms with Crippen molar-refractivity contribution in [3.05, 3.63) is 29.8 Å². The van der Waals surface area contributed by atoms with Gasteiger partial charge in [0.1, 0.15) is 5.54 Å². The molecule has 4 amide bonds. The number of aryl methyl sites for hydroxylation is 1. The molecule has 0 atom stereocenters. The van der Waals surface area contributed by atoms with Crippen LogP contribution in [0.15, 0.2) is 24.3 Å². The molecule has 1 aromatic rings. The molecule has 2 N–H and O–H groups in total. The topological polar surface area (TPSA) is 85.0 Å². The lowest BCUT2D eigenvalue weighted by Crippen LogP contribution is -2.53. The maximum absolute atomic E-state index is 13.1. The van der Waals surface area contributed by atoms with Crippen LogP contribution in [-0.2, 0) is 16.0 Å². The number of hydrogen-bond acceptors (Lipinski definition) is 5. The van der Waals surface area contributed by atoms with Gasteiger partial charge in [-0.2, -0.15) is 0 Å². The Balaban J connectivity index is 1.25. The van der Waals surface area contributed by atoms with Crippen molar-refractivity contribution in [3.63, 3.8) is 0 Å². The average molecular weight is 442 g/mol. The largest absolute Gasteiger partial charge is 0.326 e. The zero-order chi connectivity index (χ0) is 22.7. The zero-order valence-corrected chi connectivity index (χ0v) is 19.2. The number of rotatable bonds is 6. The summed E-state index contributed by atoms with van der Waals surface area (Å²) in [6, 6.07) is 7.62. The highest BCUT2D eigenvalue weighted by molar-refractivity contribution is 6.07. The van der Waals surface area contributed by atoms with Gasteiger partial charge in [-0.1, -0.05) is 32.0 Å². The van der Waals surface area contributed by atoms with E-state index in [1.165, 1.54) is 4.90 Å². The number of nitrogens with zero attached hydrogens (tertiary/aromatic N) is 3. The number of amides is 4. The first-order valence-corrected chi connectivity index (χ1v) is 11.9. The number of hydrogen-bond donors (Lipinski definition) is 2. The van der Waals surface area contributed by atoms with Crippen LogP contribution in [0, 0.1) is 5.92 Å². The Morgan fingerprint density at radius 3 is 2.44 bits per heavy atom. The van der Waals surface area contributed by atoms with Crippen LogP contribution >= 0.6 is 0 Å². The molecule has 2 aliphatic heterocycles. The van der Waals surface area contributed by atoms with Crippen LogP contribution in [0.1, 0.15) is 45.1 Å². The molecule has 2 heterocycles. The number of para-hydroxylation sites is 1. The molecule has 1 spiro atoms. The second kappa shape index (κ2) is 9.58. The second-order valence-electron chi connectivity index (χ2n) is 9.52. The SMILES string of the molecule is CCc1ccccc1NC(=O)CN1CCN(CN2C(=O)NC3(CCC(C)CC3)C2=O)CC1. The van der Waals surface area contributed by atoms with Gasteiger partial charge in [-0.3, -0.25) is 19.4 Å². The lowest BCUT2D eigenvalue weighted by Gasteiger charge is -2.36. The molecule has 1 saturated carbocycles. The minimum Gasteiger partial charge on any atom is -0.325 e. The summed E-state index contributed by atoms with van der Waals surface area (Å²) in [5, 5.41) is 6.02. The highest BCUT2D eigenvalue weighted by atomic mass is 16.2. The highest BCUT2D eigenvalue weighted by Gasteiger charge is 2.52. The Kier molecular flexibility index (Phi) is 6.81. The van der Waals surface area contributed by atoms with Crippen LogP contribution in [0.3, 0.4) is 0 Å². The Hall–Kier alpha value is -2.45. The lowest BCUT2D eigenvalue weighted by atomic mass is 9.77. The number of nitrogens with one attached hydrogen (secondary N) is 2. The average Bonchev–Trinajstić information content (AvgIpc) is 3.01. The lowest BCUT2D eigenvalue weighted by molar-refractivity contribution is -0.134. The van der Waals surface area contributed by atoms with Crippen LogP contribution in [0.5, 0.6) is 0 Å². The predicted molar refractivity (Wildman–Crippen MR) is 123 cm³/mol. The minimum atomic E-state index is -0.682. The normalized spacial score (nSPS) is 27.1. The van der Waals surface area contributed by atoms with Gasteiger partial charge in [0.05, 0.1) is 13.2 Å². The van der Waals surface area contributed by atoms with E-state index < -0.39 is 5.54 Å². The Morgan fingerprint density at radius 1 is 1.09 bits per heavy atom. The summed E-state index contributed by atoms with van der Waals surface area (Å²) in [5.74, 6) is 0.535. The van der Waals surface area contributed by atoms with Crippen LogP contribution in [-0.4, -0.2) is 77.5 Å². The summed E-state index contributed by atoms with van der Waals surface area (Å²) in [7, 11) is 0. The van der Waals surface area contributed by atoms with Gasteiger partial charge in [-0.25, -0.2) is 9.69 Å². The Bertz CT molecular complexity index is 857. The molecule has 1 aliphatic carbocycles. The fourth-order valence-corrected chi connectivity index (χ4v) is 5.03. The fraction of sp³-hybridized carbons (Fsp3) is 0.625. The molecule has 0 unspecified atom stereocenters. The standard InChI is InChI=1S/C24H35N5O3/c1-3-19-6-4-5-7-20(19)25-21(30)16-27-12-14-28(15-13-27)17-29-22(31)24(26-23(29)32)10-8-18(2)9-11-24/h4-7,18H,3,8-17H2,1-2H3,(H,25,30)(H,26,32). The summed E-state index contributed by atoms with van der Waals surface area (Å²) in [6.45, 7) is 7.85. The third-order valence-corrected chi connectivity index (χ3v) is 7.22. The first-order valence-electron chi connectivity index (χ1n) is 11.9. The molecular weight excluding hydrogens is 406 g/mol. The van der Waals surface area contributed by atoms with Gasteiger partial charge in [-0.15, -0.1) is 0 Å². The van der Waals surface area contributed by atoms with Gasteiger partial charge < -0.3 is 10.6 Å². The number of benzene rings is 1. The molecule has 32 heavy (non-hydrogen) atoms. The van der Waals surface area contributed by atoms with E-state index in [-0.39, 0.29) is 17.8 Å². The molecule has 174 valence electrons. The number of imide groups is 1. The first-order chi connectivity index (χ1) is 15.4. The molecule has 3 fully saturated rings. The Morgan fingerprint density at radius 2 is 1.75 bits per heavy atom. The van der Waals surface area contributed by atoms with E-state index in [9.17, 15) is 14.4 Å². The fourth-order valence-electron chi connectivity index (χ4n) is 5.03. The number of carbonyl (C=O) groups excluding carboxylic acids is 3. The maximum Gasteiger partial charge on any atom is 0.326 e. The predicted octanol–water partition coefficient (Wildman–Crippen LogP) is 2.26. The van der Waals surface area contributed by atoms with Crippen molar-refractivity contribution in [2.24, 2.45) is 5.92 Å². The number of anilines is 1. The highest BCUT2D eigenvalue weighted by Crippen LogP contribution is 2.36. The molecular formula is C24H35N5O3. The van der Waals surface area contributed by atoms with Crippen LogP contribution in [0.2, 0.25) is 0 Å². The van der Waals surface area contributed by atoms with Crippen molar-refractivity contribution < 1.29 is 14.4 Å². The number of urea groups is 1. The maximum atomic E-state index is 13.1. The molecule has 2 saturated heterocycles. The Labute approximate surface area is 190 Å². The van der Waals surface area contributed by atoms with Crippen molar-refractivity contribution in [2.75, 3.05) is 44.7 Å². The molecule has 0 aromatic heterocycles. The van der Waals surface area contributed by atoms with E-state index in [0.29, 0.717) is 19.1 Å². The van der Waals surface area contributed by atoms with E-state index >= 15 is 0 Å². The van der Waals surface area contributed by atoms with E-state index in [0.717, 1.165) is 69.5 Å². The van der Waals surface area contributed by atoms with Crippen molar-refractivity contribution in [1.29, 1.82) is 0 Å². The molecule has 4 rings (SSSR count). The van der Waals surface area contributed by atoms with Gasteiger partial charge >= 0.3 is 6.03 Å². The number of piperazine rings is 1. The van der Waals surface area contributed by atoms with Gasteiger partial charge in [-0.05, 0) is 49.7 Å². The van der Waals surface area contributed by atoms with E-state index in [4.69, 9.17) is 0 Å². The smallest absolute Gasteiger partial charge is 0.325 e. The van der Waals surface area contributed by atoms with Crippen LogP contribution < -0.4 is 10.6 Å². The van der Waals surface area contributed by atoms with Crippen molar-refractivity contribution in [1.82, 2.24) is 20.0 Å². The minimum absolute atomic E-state index is 0.0121. The van der Waals surface area contributed by atoms with E-state index in [1.54, 1.807) is 0 Å². The third kappa shape index (κ3) is 4.81. The molecule has 3 aliphatic rings. The summed E-state index contributed by atoms with van der Waals surface area (Å²) in [6.07, 6.45) is 4.30. The zero-order valence-electron chi connectivity index (χ0n) is 19.2. The van der Waals surface area contributed by atoms with Gasteiger partial charge in [0, 0.05) is 31.9 Å². The first kappa shape index (κ1) is 22.7. The van der Waals surface area contributed by atoms with Crippen LogP contribution in [0.25, 0.3) is 0 Å². The van der Waals surface area contributed by atoms with Crippen molar-refractivity contribution in [2.45, 2.75) is 51.5 Å². The summed E-state index contributed by atoms with van der Waals surface area (Å²) in [5.41, 5.74) is 1.32. The van der Waals surface area contributed by atoms with Gasteiger partial charge in [0.25, 0.3) is 5.91 Å². The second-order valence-corrected chi connectivity index (χ2v) is 9.52. The molecule has 1 aromatic carbocycles. The summed E-state index contributed by atoms with van der Waals surface area (Å²) < 4.78 is 0. The summed E-state index contributed by atoms with van der Waals surface area (Å²) >= 11 is 0. The van der Waals surface area contributed by atoms with Crippen LogP contribution in [0.4, 0.5) is 10.5 Å².